The number of pyridine rings is 2. The standard InChI is InChI=1S/C22H23F3N6O4S2/c23-22(24,25)13-29-20(32)16-7-15(9-26-10-16)18-11-28-21(36-18)30-19-8-17(1-4-27-19)31-5-2-14(3-6-31)12-37(33,34)35/h1,4,7-11,14H,2-3,5-6,12-13H2,(H,29,32)(H,27,28,30)(H,33,34,35). The number of halogens is 3. The number of alkyl halides is 3. The molecule has 0 bridgehead atoms. The molecule has 0 saturated carbocycles. The number of carbonyl (C=O) groups is 1. The van der Waals surface area contributed by atoms with Gasteiger partial charge in [-0.2, -0.15) is 21.6 Å². The van der Waals surface area contributed by atoms with Crippen LogP contribution in [0.3, 0.4) is 0 Å². The zero-order valence-corrected chi connectivity index (χ0v) is 20.9. The van der Waals surface area contributed by atoms with Crippen molar-refractivity contribution in [1.82, 2.24) is 20.3 Å². The average Bonchev–Trinajstić information content (AvgIpc) is 3.30. The molecule has 0 aromatic carbocycles. The van der Waals surface area contributed by atoms with E-state index in [9.17, 15) is 26.4 Å². The smallest absolute Gasteiger partial charge is 0.371 e. The van der Waals surface area contributed by atoms with E-state index < -0.39 is 28.7 Å². The van der Waals surface area contributed by atoms with Gasteiger partial charge in [-0.15, -0.1) is 0 Å². The minimum Gasteiger partial charge on any atom is -0.371 e. The fourth-order valence-corrected chi connectivity index (χ4v) is 5.63. The second-order valence-electron chi connectivity index (χ2n) is 8.49. The maximum Gasteiger partial charge on any atom is 0.405 e. The molecule has 1 amide bonds. The number of carbonyl (C=O) groups excluding carboxylic acids is 1. The molecule has 10 nitrogen and oxygen atoms in total. The Morgan fingerprint density at radius 1 is 1.16 bits per heavy atom. The van der Waals surface area contributed by atoms with Crippen molar-refractivity contribution >= 4 is 44.0 Å². The molecule has 15 heteroatoms. The van der Waals surface area contributed by atoms with E-state index in [1.807, 2.05) is 17.4 Å². The number of nitrogens with zero attached hydrogens (tertiary/aromatic N) is 4. The van der Waals surface area contributed by atoms with Crippen LogP contribution < -0.4 is 15.5 Å². The van der Waals surface area contributed by atoms with Crippen molar-refractivity contribution in [1.29, 1.82) is 0 Å². The van der Waals surface area contributed by atoms with Crippen LogP contribution in [0.1, 0.15) is 23.2 Å². The molecule has 37 heavy (non-hydrogen) atoms. The van der Waals surface area contributed by atoms with Gasteiger partial charge in [0.05, 0.1) is 16.2 Å². The minimum atomic E-state index is -4.51. The predicted molar refractivity (Wildman–Crippen MR) is 133 cm³/mol. The maximum absolute atomic E-state index is 12.4. The highest BCUT2D eigenvalue weighted by molar-refractivity contribution is 7.85. The molecule has 1 fully saturated rings. The molecule has 4 rings (SSSR count). The number of anilines is 3. The monoisotopic (exact) mass is 556 g/mol. The Morgan fingerprint density at radius 2 is 1.92 bits per heavy atom. The second-order valence-corrected chi connectivity index (χ2v) is 11.0. The first-order valence-corrected chi connectivity index (χ1v) is 13.6. The van der Waals surface area contributed by atoms with Crippen molar-refractivity contribution in [3.63, 3.8) is 0 Å². The largest absolute Gasteiger partial charge is 0.405 e. The number of amides is 1. The van der Waals surface area contributed by atoms with Crippen LogP contribution in [0.25, 0.3) is 10.4 Å². The van der Waals surface area contributed by atoms with Gasteiger partial charge in [0.1, 0.15) is 12.4 Å². The van der Waals surface area contributed by atoms with Crippen molar-refractivity contribution in [2.24, 2.45) is 5.92 Å². The molecular formula is C22H23F3N6O4S2. The number of aromatic nitrogens is 3. The fraction of sp³-hybridized carbons (Fsp3) is 0.364. The molecule has 1 saturated heterocycles. The highest BCUT2D eigenvalue weighted by Crippen LogP contribution is 2.31. The number of thiazole rings is 1. The van der Waals surface area contributed by atoms with Crippen LogP contribution >= 0.6 is 11.3 Å². The van der Waals surface area contributed by atoms with E-state index in [-0.39, 0.29) is 17.2 Å². The van der Waals surface area contributed by atoms with E-state index in [2.05, 4.69) is 25.2 Å². The molecule has 1 aliphatic heterocycles. The number of hydrogen-bond donors (Lipinski definition) is 3. The van der Waals surface area contributed by atoms with Gasteiger partial charge >= 0.3 is 6.18 Å². The second kappa shape index (κ2) is 11.0. The van der Waals surface area contributed by atoms with Gasteiger partial charge in [0, 0.05) is 55.2 Å². The number of nitrogens with one attached hydrogen (secondary N) is 2. The minimum absolute atomic E-state index is 0.000569. The Morgan fingerprint density at radius 3 is 2.62 bits per heavy atom. The van der Waals surface area contributed by atoms with Crippen molar-refractivity contribution in [3.05, 3.63) is 48.5 Å². The van der Waals surface area contributed by atoms with Gasteiger partial charge in [-0.3, -0.25) is 14.3 Å². The van der Waals surface area contributed by atoms with E-state index >= 15 is 0 Å². The summed E-state index contributed by atoms with van der Waals surface area (Å²) in [6.45, 7) is -0.144. The Hall–Kier alpha value is -3.30. The van der Waals surface area contributed by atoms with Crippen LogP contribution in [-0.2, 0) is 10.1 Å². The van der Waals surface area contributed by atoms with Crippen LogP contribution in [0, 0.1) is 5.92 Å². The van der Waals surface area contributed by atoms with Crippen LogP contribution in [0.15, 0.2) is 43.0 Å². The van der Waals surface area contributed by atoms with E-state index in [0.29, 0.717) is 47.3 Å². The van der Waals surface area contributed by atoms with Gasteiger partial charge in [0.25, 0.3) is 16.0 Å². The lowest BCUT2D eigenvalue weighted by Crippen LogP contribution is -2.35. The summed E-state index contributed by atoms with van der Waals surface area (Å²) in [7, 11) is -3.99. The molecule has 0 radical (unpaired) electrons. The molecule has 4 heterocycles. The Balaban J connectivity index is 1.39. The predicted octanol–water partition coefficient (Wildman–Crippen LogP) is 3.74. The Kier molecular flexibility index (Phi) is 7.94. The lowest BCUT2D eigenvalue weighted by atomic mass is 9.98. The zero-order chi connectivity index (χ0) is 26.6. The van der Waals surface area contributed by atoms with Crippen molar-refractivity contribution in [3.8, 4) is 10.4 Å². The lowest BCUT2D eigenvalue weighted by molar-refractivity contribution is -0.123. The van der Waals surface area contributed by atoms with E-state index in [0.717, 1.165) is 5.69 Å². The first kappa shape index (κ1) is 26.8. The molecule has 3 aromatic heterocycles. The van der Waals surface area contributed by atoms with Gasteiger partial charge in [-0.25, -0.2) is 9.97 Å². The fourth-order valence-electron chi connectivity index (χ4n) is 3.90. The zero-order valence-electron chi connectivity index (χ0n) is 19.3. The van der Waals surface area contributed by atoms with Gasteiger partial charge in [0.2, 0.25) is 0 Å². The Labute approximate surface area is 214 Å². The third kappa shape index (κ3) is 7.84. The highest BCUT2D eigenvalue weighted by atomic mass is 32.2. The third-order valence-corrected chi connectivity index (χ3v) is 7.50. The van der Waals surface area contributed by atoms with E-state index in [1.165, 1.54) is 29.8 Å². The number of hydrogen-bond acceptors (Lipinski definition) is 9. The topological polar surface area (TPSA) is 137 Å². The van der Waals surface area contributed by atoms with E-state index in [1.54, 1.807) is 12.4 Å². The number of piperidine rings is 1. The summed E-state index contributed by atoms with van der Waals surface area (Å²) >= 11 is 1.26. The summed E-state index contributed by atoms with van der Waals surface area (Å²) in [6, 6.07) is 5.14. The average molecular weight is 557 g/mol. The highest BCUT2D eigenvalue weighted by Gasteiger charge is 2.28. The summed E-state index contributed by atoms with van der Waals surface area (Å²) in [6.07, 6.45) is 2.65. The maximum atomic E-state index is 12.4. The summed E-state index contributed by atoms with van der Waals surface area (Å²) in [4.78, 5) is 27.4. The molecule has 1 aliphatic rings. The first-order chi connectivity index (χ1) is 17.4. The van der Waals surface area contributed by atoms with Crippen LogP contribution in [0.5, 0.6) is 0 Å². The molecule has 198 valence electrons. The van der Waals surface area contributed by atoms with Gasteiger partial charge in [-0.1, -0.05) is 11.3 Å². The summed E-state index contributed by atoms with van der Waals surface area (Å²) < 4.78 is 68.5. The SMILES string of the molecule is O=C(NCC(F)(F)F)c1cncc(-c2cnc(Nc3cc(N4CCC(CS(=O)(=O)O)CC4)ccn3)s2)c1. The summed E-state index contributed by atoms with van der Waals surface area (Å²) in [5.74, 6) is -0.648. The summed E-state index contributed by atoms with van der Waals surface area (Å²) in [5, 5.41) is 5.45. The lowest BCUT2D eigenvalue weighted by Gasteiger charge is -2.33. The van der Waals surface area contributed by atoms with Crippen molar-refractivity contribution in [2.75, 3.05) is 35.6 Å². The molecular weight excluding hydrogens is 533 g/mol. The molecule has 0 aliphatic carbocycles. The third-order valence-electron chi connectivity index (χ3n) is 5.64. The van der Waals surface area contributed by atoms with Gasteiger partial charge in [-0.05, 0) is 30.9 Å². The molecule has 0 spiro atoms. The molecule has 0 unspecified atom stereocenters. The van der Waals surface area contributed by atoms with Gasteiger partial charge in [0.15, 0.2) is 5.13 Å². The molecule has 0 atom stereocenters. The van der Waals surface area contributed by atoms with E-state index in [4.69, 9.17) is 4.55 Å². The normalized spacial score (nSPS) is 15.0. The van der Waals surface area contributed by atoms with Gasteiger partial charge < -0.3 is 15.5 Å². The van der Waals surface area contributed by atoms with Crippen molar-refractivity contribution < 1.29 is 30.9 Å². The van der Waals surface area contributed by atoms with Crippen LogP contribution in [0.2, 0.25) is 0 Å². The van der Waals surface area contributed by atoms with Crippen molar-refractivity contribution in [2.45, 2.75) is 19.0 Å². The molecule has 3 aromatic rings. The molecule has 3 N–H and O–H groups in total. The first-order valence-electron chi connectivity index (χ1n) is 11.1. The summed E-state index contributed by atoms with van der Waals surface area (Å²) in [5.41, 5.74) is 1.43. The van der Waals surface area contributed by atoms with Crippen LogP contribution in [0.4, 0.5) is 29.8 Å². The Bertz CT molecular complexity index is 1360. The van der Waals surface area contributed by atoms with Crippen LogP contribution in [-0.4, -0.2) is 65.4 Å². The number of rotatable bonds is 8. The quantitative estimate of drug-likeness (QED) is 0.354.